The smallest absolute Gasteiger partial charge is 0.344 e. The first-order chi connectivity index (χ1) is 34.9. The molecule has 3 aromatic carbocycles. The van der Waals surface area contributed by atoms with E-state index in [-0.39, 0.29) is 56.6 Å². The second kappa shape index (κ2) is 31.0. The Morgan fingerprint density at radius 2 is 1.36 bits per heavy atom. The van der Waals surface area contributed by atoms with Crippen molar-refractivity contribution in [2.45, 2.75) is 117 Å². The van der Waals surface area contributed by atoms with Gasteiger partial charge in [0.05, 0.1) is 43.8 Å². The lowest BCUT2D eigenvalue weighted by Crippen LogP contribution is -2.49. The molecule has 0 unspecified atom stereocenters. The zero-order chi connectivity index (χ0) is 52.3. The summed E-state index contributed by atoms with van der Waals surface area (Å²) >= 11 is 0. The number of furan rings is 1. The molecule has 1 heterocycles. The number of nitrogens with zero attached hydrogens (tertiary/aromatic N) is 1. The number of hydrogen-bond acceptors (Lipinski definition) is 14. The minimum Gasteiger partial charge on any atom is -0.539 e. The van der Waals surface area contributed by atoms with Crippen molar-refractivity contribution in [2.24, 2.45) is 5.92 Å². The number of unbranched alkanes of at least 4 members (excludes halogenated alkanes) is 4. The van der Waals surface area contributed by atoms with Gasteiger partial charge in [-0.1, -0.05) is 133 Å². The first kappa shape index (κ1) is 57.1. The van der Waals surface area contributed by atoms with E-state index in [2.05, 4.69) is 16.0 Å². The lowest BCUT2D eigenvalue weighted by Gasteiger charge is -2.32. The summed E-state index contributed by atoms with van der Waals surface area (Å²) in [4.78, 5) is 111. The zero-order valence-electron chi connectivity index (χ0n) is 41.8. The number of esters is 2. The molecular formula is C53H67BN4O14. The highest BCUT2D eigenvalue weighted by Crippen LogP contribution is 2.31. The SMILES string of the molecule is CBOC(=O)[C@H](CC(=O)OCCCC)NC(=O)c1ccc(-c2ccc(C(=O)NCNC(=O)[C@H](CCCCC)[C@@H](CC)N(C=O)OC(=O)C(c3ccccc3)c3ccccc3)o2)cc1OCC(=O)OCCCC. The van der Waals surface area contributed by atoms with E-state index in [1.807, 2.05) is 57.2 Å². The first-order valence-corrected chi connectivity index (χ1v) is 24.7. The van der Waals surface area contributed by atoms with Crippen LogP contribution in [0.2, 0.25) is 6.82 Å². The fourth-order valence-electron chi connectivity index (χ4n) is 7.60. The number of benzene rings is 3. The van der Waals surface area contributed by atoms with Crippen LogP contribution in [0.1, 0.15) is 130 Å². The molecule has 1 aromatic heterocycles. The molecule has 0 saturated heterocycles. The maximum atomic E-state index is 13.9. The molecule has 0 saturated carbocycles. The second-order valence-electron chi connectivity index (χ2n) is 16.7. The highest BCUT2D eigenvalue weighted by atomic mass is 16.7. The number of carbonyl (C=O) groups is 8. The molecule has 4 rings (SSSR count). The average Bonchev–Trinajstić information content (AvgIpc) is 3.89. The summed E-state index contributed by atoms with van der Waals surface area (Å²) in [5.41, 5.74) is 1.55. The van der Waals surface area contributed by atoms with E-state index in [1.54, 1.807) is 38.0 Å². The quantitative estimate of drug-likeness (QED) is 0.00853. The molecule has 3 atom stereocenters. The van der Waals surface area contributed by atoms with Crippen LogP contribution in [-0.4, -0.2) is 99.1 Å². The highest BCUT2D eigenvalue weighted by Gasteiger charge is 2.36. The summed E-state index contributed by atoms with van der Waals surface area (Å²) in [6, 6.07) is 23.0. The standard InChI is InChI=1S/C53H67BN4O14/c1-6-10-15-24-39(42(9-4)58(35-59)72-53(66)48(36-20-16-13-17-21-36)37-22-18-14-19-23-37)49(62)55-34-56-51(64)44-28-27-43(70-44)38-25-26-40(45(31-38)69-33-47(61)68-30-12-8-3)50(63)57-41(52(65)71-54-5)32-46(60)67-29-11-7-2/h13-14,16-23,25-28,31,35,39,41-42,48,54H,6-12,15,24,29-30,32-34H2,1-5H3,(H,55,62)(H,56,64)(H,57,63)/t39-,41+,42-/m1/s1. The van der Waals surface area contributed by atoms with Crippen molar-refractivity contribution < 1.29 is 66.5 Å². The normalized spacial score (nSPS) is 12.0. The van der Waals surface area contributed by atoms with Crippen LogP contribution in [0.4, 0.5) is 0 Å². The summed E-state index contributed by atoms with van der Waals surface area (Å²) in [7, 11) is -0.00992. The molecule has 0 fully saturated rings. The van der Waals surface area contributed by atoms with Crippen LogP contribution in [0.3, 0.4) is 0 Å². The third kappa shape index (κ3) is 17.8. The fourth-order valence-corrected chi connectivity index (χ4v) is 7.60. The van der Waals surface area contributed by atoms with Gasteiger partial charge in [-0.05, 0) is 61.1 Å². The summed E-state index contributed by atoms with van der Waals surface area (Å²) in [6.07, 6.45) is 5.70. The minimum absolute atomic E-state index is 0.00992. The van der Waals surface area contributed by atoms with Gasteiger partial charge in [0, 0.05) is 5.56 Å². The largest absolute Gasteiger partial charge is 0.539 e. The van der Waals surface area contributed by atoms with Crippen molar-refractivity contribution in [2.75, 3.05) is 26.5 Å². The van der Waals surface area contributed by atoms with Gasteiger partial charge in [0.25, 0.3) is 11.8 Å². The van der Waals surface area contributed by atoms with Gasteiger partial charge in [0.2, 0.25) is 12.3 Å². The van der Waals surface area contributed by atoms with E-state index < -0.39 is 78.5 Å². The monoisotopic (exact) mass is 994 g/mol. The Labute approximate surface area is 421 Å². The lowest BCUT2D eigenvalue weighted by atomic mass is 9.90. The van der Waals surface area contributed by atoms with Crippen molar-refractivity contribution in [3.8, 4) is 17.1 Å². The van der Waals surface area contributed by atoms with Crippen LogP contribution < -0.4 is 20.7 Å². The fraction of sp³-hybridized carbons (Fsp3) is 0.434. The Balaban J connectivity index is 1.49. The summed E-state index contributed by atoms with van der Waals surface area (Å²) < 4.78 is 27.2. The van der Waals surface area contributed by atoms with Crippen molar-refractivity contribution in [1.29, 1.82) is 0 Å². The van der Waals surface area contributed by atoms with Gasteiger partial charge in [-0.3, -0.25) is 28.8 Å². The van der Waals surface area contributed by atoms with Crippen LogP contribution in [0.5, 0.6) is 5.75 Å². The van der Waals surface area contributed by atoms with Crippen molar-refractivity contribution in [3.05, 3.63) is 113 Å². The Bertz CT molecular complexity index is 2340. The van der Waals surface area contributed by atoms with Crippen LogP contribution in [-0.2, 0) is 47.7 Å². The van der Waals surface area contributed by atoms with Crippen LogP contribution >= 0.6 is 0 Å². The number of amides is 4. The number of hydrogen-bond donors (Lipinski definition) is 3. The van der Waals surface area contributed by atoms with Gasteiger partial charge < -0.3 is 44.1 Å². The third-order valence-corrected chi connectivity index (χ3v) is 11.4. The second-order valence-corrected chi connectivity index (χ2v) is 16.7. The molecule has 72 heavy (non-hydrogen) atoms. The Morgan fingerprint density at radius 3 is 1.96 bits per heavy atom. The highest BCUT2D eigenvalue weighted by molar-refractivity contribution is 6.28. The predicted molar refractivity (Wildman–Crippen MR) is 267 cm³/mol. The molecule has 4 aromatic rings. The van der Waals surface area contributed by atoms with Crippen LogP contribution in [0, 0.1) is 5.92 Å². The third-order valence-electron chi connectivity index (χ3n) is 11.4. The van der Waals surface area contributed by atoms with E-state index in [9.17, 15) is 38.4 Å². The summed E-state index contributed by atoms with van der Waals surface area (Å²) in [5.74, 6) is -6.68. The van der Waals surface area contributed by atoms with Gasteiger partial charge in [0.1, 0.15) is 23.5 Å². The van der Waals surface area contributed by atoms with E-state index >= 15 is 0 Å². The molecule has 0 spiro atoms. The van der Waals surface area contributed by atoms with Gasteiger partial charge in [-0.2, -0.15) is 5.06 Å². The minimum atomic E-state index is -1.40. The van der Waals surface area contributed by atoms with E-state index in [0.717, 1.165) is 30.7 Å². The predicted octanol–water partition coefficient (Wildman–Crippen LogP) is 6.97. The molecule has 0 radical (unpaired) electrons. The average molecular weight is 995 g/mol. The number of nitrogens with one attached hydrogen (secondary N) is 3. The van der Waals surface area contributed by atoms with E-state index in [0.29, 0.717) is 48.8 Å². The molecule has 0 bridgehead atoms. The van der Waals surface area contributed by atoms with Gasteiger partial charge >= 0.3 is 31.4 Å². The maximum absolute atomic E-state index is 13.9. The van der Waals surface area contributed by atoms with Crippen molar-refractivity contribution in [1.82, 2.24) is 21.0 Å². The maximum Gasteiger partial charge on any atom is 0.344 e. The number of ether oxygens (including phenoxy) is 3. The molecule has 19 heteroatoms. The molecule has 0 aliphatic carbocycles. The van der Waals surface area contributed by atoms with Crippen LogP contribution in [0.15, 0.2) is 95.4 Å². The van der Waals surface area contributed by atoms with E-state index in [1.165, 1.54) is 30.3 Å². The lowest BCUT2D eigenvalue weighted by molar-refractivity contribution is -0.205. The topological polar surface area (TPSA) is 235 Å². The molecule has 18 nitrogen and oxygen atoms in total. The zero-order valence-corrected chi connectivity index (χ0v) is 41.8. The molecule has 0 aliphatic rings. The summed E-state index contributed by atoms with van der Waals surface area (Å²) in [5, 5.41) is 8.80. The number of carbonyl (C=O) groups excluding carboxylic acids is 8. The summed E-state index contributed by atoms with van der Waals surface area (Å²) in [6.45, 7) is 8.68. The molecule has 0 aliphatic heterocycles. The van der Waals surface area contributed by atoms with Gasteiger partial charge in [-0.15, -0.1) is 0 Å². The first-order valence-electron chi connectivity index (χ1n) is 24.7. The van der Waals surface area contributed by atoms with Crippen LogP contribution in [0.25, 0.3) is 11.3 Å². The Morgan fingerprint density at radius 1 is 0.722 bits per heavy atom. The number of hydroxylamine groups is 2. The molecular weight excluding hydrogens is 927 g/mol. The van der Waals surface area contributed by atoms with Crippen molar-refractivity contribution in [3.63, 3.8) is 0 Å². The van der Waals surface area contributed by atoms with E-state index in [4.69, 9.17) is 28.1 Å². The Kier molecular flexibility index (Phi) is 24.6. The van der Waals surface area contributed by atoms with Gasteiger partial charge in [0.15, 0.2) is 12.4 Å². The van der Waals surface area contributed by atoms with Crippen molar-refractivity contribution >= 4 is 55.5 Å². The Hall–Kier alpha value is -7.44. The van der Waals surface area contributed by atoms with Gasteiger partial charge in [-0.25, -0.2) is 9.59 Å². The molecule has 3 N–H and O–H groups in total. The molecule has 4 amide bonds. The molecule has 386 valence electrons. The number of rotatable bonds is 32.